The first-order valence-corrected chi connectivity index (χ1v) is 13.9. The van der Waals surface area contributed by atoms with Gasteiger partial charge >= 0.3 is 0 Å². The first-order valence-electron chi connectivity index (χ1n) is 11.8. The van der Waals surface area contributed by atoms with Gasteiger partial charge in [-0.25, -0.2) is 4.98 Å². The number of nitrogens with zero attached hydrogens (tertiary/aromatic N) is 3. The summed E-state index contributed by atoms with van der Waals surface area (Å²) in [6.45, 7) is 11.4. The van der Waals surface area contributed by atoms with Gasteiger partial charge in [0.15, 0.2) is 5.13 Å². The van der Waals surface area contributed by atoms with Crippen LogP contribution in [0.15, 0.2) is 41.3 Å². The number of aryl methyl sites for hydroxylation is 1. The average molecular weight is 518 g/mol. The zero-order chi connectivity index (χ0) is 24.1. The molecule has 0 spiro atoms. The first-order chi connectivity index (χ1) is 16.4. The van der Waals surface area contributed by atoms with Crippen molar-refractivity contribution in [3.63, 3.8) is 0 Å². The largest absolute Gasteiger partial charge is 0.379 e. The quantitative estimate of drug-likeness (QED) is 0.323. The summed E-state index contributed by atoms with van der Waals surface area (Å²) < 4.78 is 6.40. The summed E-state index contributed by atoms with van der Waals surface area (Å²) in [5.41, 5.74) is 2.97. The monoisotopic (exact) mass is 517 g/mol. The van der Waals surface area contributed by atoms with Crippen LogP contribution in [0, 0.1) is 6.92 Å². The van der Waals surface area contributed by atoms with Gasteiger partial charge in [-0.2, -0.15) is 0 Å². The fourth-order valence-electron chi connectivity index (χ4n) is 4.04. The number of thioether (sulfide) groups is 1. The van der Waals surface area contributed by atoms with Crippen molar-refractivity contribution in [2.75, 3.05) is 44.3 Å². The van der Waals surface area contributed by atoms with Gasteiger partial charge in [0.25, 0.3) is 0 Å². The number of anilines is 1. The van der Waals surface area contributed by atoms with Gasteiger partial charge in [0.2, 0.25) is 5.91 Å². The van der Waals surface area contributed by atoms with Crippen molar-refractivity contribution in [2.45, 2.75) is 43.8 Å². The highest BCUT2D eigenvalue weighted by molar-refractivity contribution is 7.99. The topological polar surface area (TPSA) is 45.7 Å². The zero-order valence-electron chi connectivity index (χ0n) is 20.1. The molecule has 1 fully saturated rings. The second kappa shape index (κ2) is 11.9. The summed E-state index contributed by atoms with van der Waals surface area (Å²) in [4.78, 5) is 23.9. The molecule has 1 aromatic heterocycles. The number of fused-ring (bicyclic) bond motifs is 1. The standard InChI is InChI=1S/C26H32ClN3O2S2/c1-18(2)33-21-8-6-20(7-9-21)17-23(31)30(12-4-11-29-13-15-32-16-14-29)26-28-24-19(3)5-10-22(27)25(24)34-26/h5-10,18H,4,11-17H2,1-3H3. The van der Waals surface area contributed by atoms with Crippen LogP contribution in [0.4, 0.5) is 5.13 Å². The molecule has 0 unspecified atom stereocenters. The molecule has 0 saturated carbocycles. The Balaban J connectivity index is 1.52. The lowest BCUT2D eigenvalue weighted by molar-refractivity contribution is -0.118. The van der Waals surface area contributed by atoms with Crippen molar-refractivity contribution in [2.24, 2.45) is 0 Å². The van der Waals surface area contributed by atoms with E-state index in [1.54, 1.807) is 0 Å². The average Bonchev–Trinajstić information content (AvgIpc) is 3.27. The van der Waals surface area contributed by atoms with Gasteiger partial charge in [0.1, 0.15) is 0 Å². The summed E-state index contributed by atoms with van der Waals surface area (Å²) in [6.07, 6.45) is 1.24. The molecule has 0 radical (unpaired) electrons. The number of morpholine rings is 1. The molecule has 1 saturated heterocycles. The van der Waals surface area contributed by atoms with E-state index in [4.69, 9.17) is 21.3 Å². The van der Waals surface area contributed by atoms with Crippen LogP contribution in [0.2, 0.25) is 5.02 Å². The van der Waals surface area contributed by atoms with E-state index in [2.05, 4.69) is 43.0 Å². The molecule has 182 valence electrons. The third-order valence-corrected chi connectivity index (χ3v) is 8.38. The molecule has 2 aromatic carbocycles. The third kappa shape index (κ3) is 6.52. The van der Waals surface area contributed by atoms with Gasteiger partial charge in [-0.15, -0.1) is 11.8 Å². The van der Waals surface area contributed by atoms with Crippen molar-refractivity contribution in [3.8, 4) is 0 Å². The van der Waals surface area contributed by atoms with Crippen LogP contribution >= 0.6 is 34.7 Å². The molecule has 0 atom stereocenters. The van der Waals surface area contributed by atoms with Crippen molar-refractivity contribution in [1.29, 1.82) is 0 Å². The van der Waals surface area contributed by atoms with Crippen LogP contribution in [0.3, 0.4) is 0 Å². The highest BCUT2D eigenvalue weighted by Crippen LogP contribution is 2.36. The van der Waals surface area contributed by atoms with Gasteiger partial charge < -0.3 is 4.74 Å². The van der Waals surface area contributed by atoms with Crippen molar-refractivity contribution in [3.05, 3.63) is 52.5 Å². The highest BCUT2D eigenvalue weighted by atomic mass is 35.5. The Hall–Kier alpha value is -1.64. The Morgan fingerprint density at radius 1 is 1.21 bits per heavy atom. The number of rotatable bonds is 9. The van der Waals surface area contributed by atoms with Crippen LogP contribution in [0.5, 0.6) is 0 Å². The van der Waals surface area contributed by atoms with Crippen LogP contribution in [-0.2, 0) is 16.0 Å². The van der Waals surface area contributed by atoms with E-state index in [-0.39, 0.29) is 5.91 Å². The Morgan fingerprint density at radius 2 is 1.94 bits per heavy atom. The van der Waals surface area contributed by atoms with Gasteiger partial charge in [0, 0.05) is 36.3 Å². The molecule has 5 nitrogen and oxygen atoms in total. The summed E-state index contributed by atoms with van der Waals surface area (Å²) in [7, 11) is 0. The first kappa shape index (κ1) is 25.5. The minimum Gasteiger partial charge on any atom is -0.379 e. The fraction of sp³-hybridized carbons (Fsp3) is 0.462. The van der Waals surface area contributed by atoms with Crippen LogP contribution in [-0.4, -0.2) is 60.4 Å². The van der Waals surface area contributed by atoms with Crippen LogP contribution in [0.1, 0.15) is 31.4 Å². The number of amides is 1. The number of ether oxygens (including phenoxy) is 1. The highest BCUT2D eigenvalue weighted by Gasteiger charge is 2.22. The second-order valence-electron chi connectivity index (χ2n) is 8.88. The lowest BCUT2D eigenvalue weighted by atomic mass is 10.1. The number of carbonyl (C=O) groups is 1. The molecular weight excluding hydrogens is 486 g/mol. The summed E-state index contributed by atoms with van der Waals surface area (Å²) in [5, 5.41) is 1.94. The molecule has 2 heterocycles. The molecule has 1 aliphatic heterocycles. The predicted octanol–water partition coefficient (Wildman–Crippen LogP) is 6.06. The van der Waals surface area contributed by atoms with Gasteiger partial charge in [-0.05, 0) is 42.7 Å². The minimum atomic E-state index is 0.0686. The predicted molar refractivity (Wildman–Crippen MR) is 145 cm³/mol. The smallest absolute Gasteiger partial charge is 0.233 e. The lowest BCUT2D eigenvalue weighted by Gasteiger charge is -2.27. The van der Waals surface area contributed by atoms with E-state index in [1.165, 1.54) is 16.2 Å². The lowest BCUT2D eigenvalue weighted by Crippen LogP contribution is -2.39. The Kier molecular flexibility index (Phi) is 8.88. The van der Waals surface area contributed by atoms with Gasteiger partial charge in [-0.3, -0.25) is 14.6 Å². The Bertz CT molecular complexity index is 1070. The number of halogens is 1. The molecule has 0 bridgehead atoms. The summed E-state index contributed by atoms with van der Waals surface area (Å²) >= 11 is 9.79. The van der Waals surface area contributed by atoms with E-state index < -0.39 is 0 Å². The zero-order valence-corrected chi connectivity index (χ0v) is 22.4. The number of aromatic nitrogens is 1. The van der Waals surface area contributed by atoms with E-state index >= 15 is 0 Å². The molecule has 4 rings (SSSR count). The molecule has 1 aliphatic rings. The van der Waals surface area contributed by atoms with E-state index in [1.807, 2.05) is 35.7 Å². The van der Waals surface area contributed by atoms with Crippen LogP contribution in [0.25, 0.3) is 10.2 Å². The number of carbonyl (C=O) groups excluding carboxylic acids is 1. The molecule has 0 N–H and O–H groups in total. The SMILES string of the molecule is Cc1ccc(Cl)c2sc(N(CCCN3CCOCC3)C(=O)Cc3ccc(SC(C)C)cc3)nc12. The maximum Gasteiger partial charge on any atom is 0.233 e. The molecule has 0 aliphatic carbocycles. The maximum atomic E-state index is 13.5. The van der Waals surface area contributed by atoms with Crippen molar-refractivity contribution < 1.29 is 9.53 Å². The van der Waals surface area contributed by atoms with E-state index in [0.29, 0.717) is 23.2 Å². The molecule has 1 amide bonds. The second-order valence-corrected chi connectivity index (χ2v) is 11.9. The van der Waals surface area contributed by atoms with Gasteiger partial charge in [-0.1, -0.05) is 55.0 Å². The number of benzene rings is 2. The number of hydrogen-bond acceptors (Lipinski definition) is 6. The Morgan fingerprint density at radius 3 is 2.62 bits per heavy atom. The normalized spacial score (nSPS) is 14.7. The fourth-order valence-corrected chi connectivity index (χ4v) is 6.24. The van der Waals surface area contributed by atoms with Crippen molar-refractivity contribution in [1.82, 2.24) is 9.88 Å². The number of thiazole rings is 1. The molecule has 34 heavy (non-hydrogen) atoms. The van der Waals surface area contributed by atoms with Crippen molar-refractivity contribution >= 4 is 56.0 Å². The van der Waals surface area contributed by atoms with E-state index in [0.717, 1.165) is 65.7 Å². The van der Waals surface area contributed by atoms with E-state index in [9.17, 15) is 4.79 Å². The van der Waals surface area contributed by atoms with Crippen LogP contribution < -0.4 is 4.90 Å². The third-order valence-electron chi connectivity index (χ3n) is 5.83. The molecular formula is C26H32ClN3O2S2. The van der Waals surface area contributed by atoms with Gasteiger partial charge in [0.05, 0.1) is 34.9 Å². The Labute approximate surface area is 215 Å². The molecule has 3 aromatic rings. The number of hydrogen-bond donors (Lipinski definition) is 0. The summed E-state index contributed by atoms with van der Waals surface area (Å²) in [5.74, 6) is 0.0686. The molecule has 8 heteroatoms. The minimum absolute atomic E-state index is 0.0686. The maximum absolute atomic E-state index is 13.5. The summed E-state index contributed by atoms with van der Waals surface area (Å²) in [6, 6.07) is 12.2.